The Labute approximate surface area is 254 Å². The molecule has 4 heterocycles. The predicted octanol–water partition coefficient (Wildman–Crippen LogP) is 3.38. The third-order valence-corrected chi connectivity index (χ3v) is 10.2. The highest BCUT2D eigenvalue weighted by Crippen LogP contribution is 2.66. The van der Waals surface area contributed by atoms with Gasteiger partial charge in [0.05, 0.1) is 54.7 Å². The van der Waals surface area contributed by atoms with Crippen LogP contribution >= 0.6 is 0 Å². The molecule has 4 atom stereocenters. The Kier molecular flexibility index (Phi) is 6.08. The van der Waals surface area contributed by atoms with Gasteiger partial charge in [-0.1, -0.05) is 6.07 Å². The number of methoxy groups -OCH3 is 2. The molecule has 2 bridgehead atoms. The van der Waals surface area contributed by atoms with Crippen molar-refractivity contribution in [1.29, 1.82) is 0 Å². The van der Waals surface area contributed by atoms with Crippen LogP contribution in [-0.4, -0.2) is 76.0 Å². The number of carbonyl (C=O) groups is 1. The lowest BCUT2D eigenvalue weighted by Gasteiger charge is -2.63. The van der Waals surface area contributed by atoms with Crippen molar-refractivity contribution >= 4 is 17.3 Å². The second kappa shape index (κ2) is 9.83. The quantitative estimate of drug-likeness (QED) is 0.306. The van der Waals surface area contributed by atoms with Crippen molar-refractivity contribution in [2.45, 2.75) is 55.3 Å². The van der Waals surface area contributed by atoms with E-state index in [-0.39, 0.29) is 24.1 Å². The summed E-state index contributed by atoms with van der Waals surface area (Å²) in [5.41, 5.74) is 1.85. The van der Waals surface area contributed by atoms with Crippen LogP contribution in [0.4, 0.5) is 11.4 Å². The van der Waals surface area contributed by atoms with Gasteiger partial charge in [0.1, 0.15) is 0 Å². The standard InChI is InChI=1S/C33H35N5O6/c1-42-25-9-6-20(15-34-25)36-28-22(31(40)37-21-7-10-26(43-2)35-16-21)14-33(41)24-13-19-5-8-23(39)29-27(19)32(33,30(28)44-29)11-12-38(24)17-18-3-4-18/h5-10,15-16,18,24,30,36,39,41H,3-4,11-14,17H2,1-2H3,(H,37,40)/t24-,30+,32+,33-/m1/s1. The molecule has 11 heteroatoms. The van der Waals surface area contributed by atoms with Gasteiger partial charge in [0.25, 0.3) is 5.91 Å². The number of ether oxygens (including phenoxy) is 3. The minimum Gasteiger partial charge on any atom is -0.504 e. The van der Waals surface area contributed by atoms with Crippen LogP contribution in [0.25, 0.3) is 0 Å². The summed E-state index contributed by atoms with van der Waals surface area (Å²) in [4.78, 5) is 25.2. The lowest BCUT2D eigenvalue weighted by molar-refractivity contribution is -0.166. The van der Waals surface area contributed by atoms with Gasteiger partial charge in [0.15, 0.2) is 17.6 Å². The third-order valence-electron chi connectivity index (χ3n) is 10.2. The summed E-state index contributed by atoms with van der Waals surface area (Å²) in [6, 6.07) is 10.4. The molecule has 0 radical (unpaired) electrons. The van der Waals surface area contributed by atoms with Gasteiger partial charge in [-0.05, 0) is 61.9 Å². The molecule has 2 aliphatic heterocycles. The molecule has 44 heavy (non-hydrogen) atoms. The van der Waals surface area contributed by atoms with E-state index in [4.69, 9.17) is 14.2 Å². The third kappa shape index (κ3) is 3.92. The number of likely N-dealkylation sites (tertiary alicyclic amines) is 1. The summed E-state index contributed by atoms with van der Waals surface area (Å²) in [5.74, 6) is 1.60. The van der Waals surface area contributed by atoms with Gasteiger partial charge >= 0.3 is 0 Å². The number of aromatic hydroxyl groups is 1. The van der Waals surface area contributed by atoms with Crippen LogP contribution in [0.5, 0.6) is 23.3 Å². The van der Waals surface area contributed by atoms with Crippen molar-refractivity contribution < 1.29 is 29.2 Å². The number of phenols is 1. The van der Waals surface area contributed by atoms with Crippen molar-refractivity contribution in [3.05, 3.63) is 71.2 Å². The Balaban J connectivity index is 1.28. The topological polar surface area (TPSA) is 138 Å². The number of carbonyl (C=O) groups excluding carboxylic acids is 1. The highest BCUT2D eigenvalue weighted by molar-refractivity contribution is 6.05. The number of anilines is 2. The SMILES string of the molecule is COc1ccc(NC(=O)C2=C(Nc3ccc(OC)nc3)[C@@H]3Oc4c(O)ccc5c4[C@@]34CCN(CC3CC3)[C@H](C5)[C@]4(O)C2)cn1. The molecule has 0 unspecified atom stereocenters. The van der Waals surface area contributed by atoms with Crippen LogP contribution in [0, 0.1) is 5.92 Å². The van der Waals surface area contributed by atoms with E-state index in [9.17, 15) is 15.0 Å². The molecular formula is C33H35N5O6. The zero-order chi connectivity index (χ0) is 30.2. The van der Waals surface area contributed by atoms with Gasteiger partial charge < -0.3 is 35.1 Å². The van der Waals surface area contributed by atoms with Gasteiger partial charge in [0, 0.05) is 42.3 Å². The molecule has 1 saturated carbocycles. The van der Waals surface area contributed by atoms with Crippen molar-refractivity contribution in [1.82, 2.24) is 14.9 Å². The number of nitrogens with one attached hydrogen (secondary N) is 2. The maximum Gasteiger partial charge on any atom is 0.253 e. The first-order valence-electron chi connectivity index (χ1n) is 15.1. The van der Waals surface area contributed by atoms with E-state index < -0.39 is 17.1 Å². The van der Waals surface area contributed by atoms with E-state index in [2.05, 4.69) is 25.5 Å². The van der Waals surface area contributed by atoms with Crippen LogP contribution in [0.2, 0.25) is 0 Å². The molecule has 2 aromatic heterocycles. The summed E-state index contributed by atoms with van der Waals surface area (Å²) < 4.78 is 17.1. The molecular weight excluding hydrogens is 562 g/mol. The minimum atomic E-state index is -1.31. The fourth-order valence-corrected chi connectivity index (χ4v) is 8.05. The Morgan fingerprint density at radius 2 is 1.80 bits per heavy atom. The Morgan fingerprint density at radius 3 is 2.45 bits per heavy atom. The first kappa shape index (κ1) is 27.2. The summed E-state index contributed by atoms with van der Waals surface area (Å²) in [6.45, 7) is 1.73. The largest absolute Gasteiger partial charge is 0.504 e. The van der Waals surface area contributed by atoms with Gasteiger partial charge in [0.2, 0.25) is 11.8 Å². The Hall–Kier alpha value is -4.35. The average Bonchev–Trinajstić information content (AvgIpc) is 3.78. The summed E-state index contributed by atoms with van der Waals surface area (Å²) in [7, 11) is 3.09. The highest BCUT2D eigenvalue weighted by atomic mass is 16.5. The summed E-state index contributed by atoms with van der Waals surface area (Å²) >= 11 is 0. The maximum atomic E-state index is 14.2. The number of hydrogen-bond donors (Lipinski definition) is 4. The van der Waals surface area contributed by atoms with Crippen LogP contribution in [0.15, 0.2) is 60.1 Å². The maximum absolute atomic E-state index is 14.2. The van der Waals surface area contributed by atoms with E-state index in [1.807, 2.05) is 12.1 Å². The zero-order valence-corrected chi connectivity index (χ0v) is 24.7. The molecule has 11 nitrogen and oxygen atoms in total. The van der Waals surface area contributed by atoms with E-state index in [1.165, 1.54) is 26.1 Å². The smallest absolute Gasteiger partial charge is 0.253 e. The van der Waals surface area contributed by atoms with E-state index >= 15 is 0 Å². The minimum absolute atomic E-state index is 0.0366. The van der Waals surface area contributed by atoms with Crippen molar-refractivity contribution in [3.63, 3.8) is 0 Å². The number of aliphatic hydroxyl groups is 1. The molecule has 1 saturated heterocycles. The number of amides is 1. The average molecular weight is 598 g/mol. The lowest BCUT2D eigenvalue weighted by Crippen LogP contribution is -2.76. The number of benzene rings is 1. The monoisotopic (exact) mass is 597 g/mol. The second-order valence-electron chi connectivity index (χ2n) is 12.6. The number of hydrogen-bond acceptors (Lipinski definition) is 10. The van der Waals surface area contributed by atoms with Gasteiger partial charge in [-0.15, -0.1) is 0 Å². The van der Waals surface area contributed by atoms with Crippen LogP contribution < -0.4 is 24.8 Å². The molecule has 228 valence electrons. The molecule has 1 aromatic carbocycles. The fourth-order valence-electron chi connectivity index (χ4n) is 8.05. The van der Waals surface area contributed by atoms with Crippen molar-refractivity contribution in [2.24, 2.45) is 5.92 Å². The van der Waals surface area contributed by atoms with Gasteiger partial charge in [-0.25, -0.2) is 9.97 Å². The molecule has 3 aliphatic carbocycles. The van der Waals surface area contributed by atoms with Crippen LogP contribution in [0.3, 0.4) is 0 Å². The molecule has 1 amide bonds. The molecule has 2 fully saturated rings. The molecule has 3 aromatic rings. The number of aromatic nitrogens is 2. The fraction of sp³-hybridized carbons (Fsp3) is 0.424. The Bertz CT molecular complexity index is 1670. The second-order valence-corrected chi connectivity index (χ2v) is 12.6. The number of phenolic OH excluding ortho intramolecular Hbond substituents is 1. The molecule has 1 spiro atoms. The number of nitrogens with zero attached hydrogens (tertiary/aromatic N) is 3. The van der Waals surface area contributed by atoms with E-state index in [1.54, 1.807) is 37.6 Å². The predicted molar refractivity (Wildman–Crippen MR) is 161 cm³/mol. The van der Waals surface area contributed by atoms with Gasteiger partial charge in [-0.2, -0.15) is 0 Å². The van der Waals surface area contributed by atoms with Crippen LogP contribution in [0.1, 0.15) is 36.8 Å². The molecule has 5 aliphatic rings. The van der Waals surface area contributed by atoms with Crippen molar-refractivity contribution in [3.8, 4) is 23.3 Å². The van der Waals surface area contributed by atoms with Crippen LogP contribution in [-0.2, 0) is 16.6 Å². The number of piperidine rings is 1. The van der Waals surface area contributed by atoms with E-state index in [0.717, 1.165) is 24.2 Å². The normalized spacial score (nSPS) is 28.2. The zero-order valence-electron chi connectivity index (χ0n) is 24.7. The first-order valence-corrected chi connectivity index (χ1v) is 15.1. The number of rotatable bonds is 8. The molecule has 4 N–H and O–H groups in total. The summed E-state index contributed by atoms with van der Waals surface area (Å²) in [5, 5.41) is 30.6. The number of pyridine rings is 2. The first-order chi connectivity index (χ1) is 21.3. The summed E-state index contributed by atoms with van der Waals surface area (Å²) in [6.07, 6.45) is 6.20. The lowest BCUT2D eigenvalue weighted by atomic mass is 9.49. The Morgan fingerprint density at radius 1 is 1.07 bits per heavy atom. The van der Waals surface area contributed by atoms with Crippen molar-refractivity contribution in [2.75, 3.05) is 37.9 Å². The van der Waals surface area contributed by atoms with Gasteiger partial charge in [-0.3, -0.25) is 9.69 Å². The van der Waals surface area contributed by atoms with E-state index in [0.29, 0.717) is 58.9 Å². The highest BCUT2D eigenvalue weighted by Gasteiger charge is 2.73. The molecule has 8 rings (SSSR count).